The Hall–Kier alpha value is -2.36. The van der Waals surface area contributed by atoms with Crippen LogP contribution in [0.2, 0.25) is 0 Å². The minimum absolute atomic E-state index is 0.278. The summed E-state index contributed by atoms with van der Waals surface area (Å²) in [6.07, 6.45) is 0. The zero-order valence-corrected chi connectivity index (χ0v) is 14.9. The second-order valence-corrected chi connectivity index (χ2v) is 6.07. The van der Waals surface area contributed by atoms with Crippen LogP contribution in [0.5, 0.6) is 5.75 Å². The fraction of sp³-hybridized carbons (Fsp3) is 0.273. The van der Waals surface area contributed by atoms with Crippen LogP contribution in [0.1, 0.15) is 31.0 Å². The molecular weight excluding hydrogens is 310 g/mol. The van der Waals surface area contributed by atoms with E-state index in [0.717, 1.165) is 12.3 Å². The van der Waals surface area contributed by atoms with E-state index in [4.69, 9.17) is 9.47 Å². The first-order valence-electron chi connectivity index (χ1n) is 8.78. The third-order valence-corrected chi connectivity index (χ3v) is 4.34. The Morgan fingerprint density at radius 1 is 0.920 bits per heavy atom. The van der Waals surface area contributed by atoms with Gasteiger partial charge in [0.15, 0.2) is 6.79 Å². The highest BCUT2D eigenvalue weighted by molar-refractivity contribution is 5.86. The normalized spacial score (nSPS) is 12.2. The molecule has 0 aliphatic carbocycles. The van der Waals surface area contributed by atoms with Crippen LogP contribution < -0.4 is 10.1 Å². The molecule has 0 fully saturated rings. The fourth-order valence-electron chi connectivity index (χ4n) is 2.91. The molecule has 0 amide bonds. The molecular formula is C22H25NO2. The third-order valence-electron chi connectivity index (χ3n) is 4.34. The Kier molecular flexibility index (Phi) is 6.04. The highest BCUT2D eigenvalue weighted by Gasteiger charge is 2.08. The number of fused-ring (bicyclic) bond motifs is 1. The van der Waals surface area contributed by atoms with E-state index >= 15 is 0 Å². The van der Waals surface area contributed by atoms with E-state index in [-0.39, 0.29) is 6.04 Å². The zero-order chi connectivity index (χ0) is 17.5. The molecule has 0 saturated heterocycles. The molecule has 0 spiro atoms. The van der Waals surface area contributed by atoms with E-state index in [1.165, 1.54) is 21.9 Å². The largest absolute Gasteiger partial charge is 0.468 e. The van der Waals surface area contributed by atoms with Crippen LogP contribution >= 0.6 is 0 Å². The monoisotopic (exact) mass is 335 g/mol. The van der Waals surface area contributed by atoms with Gasteiger partial charge in [0, 0.05) is 19.2 Å². The zero-order valence-electron chi connectivity index (χ0n) is 14.9. The molecule has 3 rings (SSSR count). The Morgan fingerprint density at radius 3 is 2.48 bits per heavy atom. The van der Waals surface area contributed by atoms with Gasteiger partial charge in [0.2, 0.25) is 0 Å². The second-order valence-electron chi connectivity index (χ2n) is 6.07. The molecule has 1 atom stereocenters. The van der Waals surface area contributed by atoms with Crippen molar-refractivity contribution in [2.75, 3.05) is 13.4 Å². The Morgan fingerprint density at radius 2 is 1.68 bits per heavy atom. The molecule has 3 aromatic carbocycles. The lowest BCUT2D eigenvalue weighted by Gasteiger charge is -2.17. The Balaban J connectivity index is 1.61. The predicted molar refractivity (Wildman–Crippen MR) is 103 cm³/mol. The number of hydrogen-bond donors (Lipinski definition) is 1. The van der Waals surface area contributed by atoms with Crippen LogP contribution in [0.15, 0.2) is 66.7 Å². The molecule has 1 unspecified atom stereocenters. The summed E-state index contributed by atoms with van der Waals surface area (Å²) in [7, 11) is 0. The molecule has 130 valence electrons. The standard InChI is InChI=1S/C22H25NO2/c1-3-24-16-25-20-13-11-18(12-14-20)15-23-17(2)21-10-6-8-19-7-4-5-9-22(19)21/h4-14,17,23H,3,15-16H2,1-2H3. The molecule has 3 aromatic rings. The summed E-state index contributed by atoms with van der Waals surface area (Å²) in [6, 6.07) is 23.4. The first-order chi connectivity index (χ1) is 12.3. The first-order valence-corrected chi connectivity index (χ1v) is 8.78. The molecule has 0 aliphatic rings. The van der Waals surface area contributed by atoms with Gasteiger partial charge < -0.3 is 14.8 Å². The van der Waals surface area contributed by atoms with Crippen molar-refractivity contribution in [2.24, 2.45) is 0 Å². The van der Waals surface area contributed by atoms with Gasteiger partial charge >= 0.3 is 0 Å². The van der Waals surface area contributed by atoms with Crippen LogP contribution in [0, 0.1) is 0 Å². The molecule has 1 N–H and O–H groups in total. The highest BCUT2D eigenvalue weighted by atomic mass is 16.7. The molecule has 3 heteroatoms. The maximum Gasteiger partial charge on any atom is 0.189 e. The topological polar surface area (TPSA) is 30.5 Å². The summed E-state index contributed by atoms with van der Waals surface area (Å²) in [5.41, 5.74) is 2.56. The summed E-state index contributed by atoms with van der Waals surface area (Å²) in [5.74, 6) is 0.833. The first kappa shape index (κ1) is 17.5. The summed E-state index contributed by atoms with van der Waals surface area (Å²) < 4.78 is 10.7. The van der Waals surface area contributed by atoms with Crippen LogP contribution in [0.4, 0.5) is 0 Å². The van der Waals surface area contributed by atoms with Gasteiger partial charge in [-0.1, -0.05) is 54.6 Å². The van der Waals surface area contributed by atoms with Crippen molar-refractivity contribution in [2.45, 2.75) is 26.4 Å². The number of hydrogen-bond acceptors (Lipinski definition) is 3. The van der Waals surface area contributed by atoms with Gasteiger partial charge in [-0.15, -0.1) is 0 Å². The van der Waals surface area contributed by atoms with E-state index < -0.39 is 0 Å². The van der Waals surface area contributed by atoms with Crippen LogP contribution in [-0.4, -0.2) is 13.4 Å². The summed E-state index contributed by atoms with van der Waals surface area (Å²) in [4.78, 5) is 0. The molecule has 0 radical (unpaired) electrons. The SMILES string of the molecule is CCOCOc1ccc(CNC(C)c2cccc3ccccc23)cc1. The van der Waals surface area contributed by atoms with Crippen LogP contribution in [-0.2, 0) is 11.3 Å². The van der Waals surface area contributed by atoms with E-state index in [2.05, 4.69) is 66.8 Å². The van der Waals surface area contributed by atoms with E-state index in [1.54, 1.807) is 0 Å². The average molecular weight is 335 g/mol. The quantitative estimate of drug-likeness (QED) is 0.461. The van der Waals surface area contributed by atoms with Crippen molar-refractivity contribution in [1.82, 2.24) is 5.32 Å². The van der Waals surface area contributed by atoms with Crippen LogP contribution in [0.25, 0.3) is 10.8 Å². The van der Waals surface area contributed by atoms with Crippen LogP contribution in [0.3, 0.4) is 0 Å². The van der Waals surface area contributed by atoms with E-state index in [1.807, 2.05) is 19.1 Å². The van der Waals surface area contributed by atoms with E-state index in [0.29, 0.717) is 13.4 Å². The molecule has 25 heavy (non-hydrogen) atoms. The lowest BCUT2D eigenvalue weighted by molar-refractivity contribution is 0.0224. The van der Waals surface area contributed by atoms with Gasteiger partial charge in [-0.25, -0.2) is 0 Å². The fourth-order valence-corrected chi connectivity index (χ4v) is 2.91. The van der Waals surface area contributed by atoms with Crippen molar-refractivity contribution in [3.8, 4) is 5.75 Å². The van der Waals surface area contributed by atoms with Gasteiger partial charge in [-0.3, -0.25) is 0 Å². The lowest BCUT2D eigenvalue weighted by Crippen LogP contribution is -2.18. The number of benzene rings is 3. The minimum atomic E-state index is 0.278. The molecule has 0 saturated carbocycles. The average Bonchev–Trinajstić information content (AvgIpc) is 2.67. The van der Waals surface area contributed by atoms with Crippen molar-refractivity contribution in [1.29, 1.82) is 0 Å². The van der Waals surface area contributed by atoms with E-state index in [9.17, 15) is 0 Å². The molecule has 0 aliphatic heterocycles. The number of ether oxygens (including phenoxy) is 2. The highest BCUT2D eigenvalue weighted by Crippen LogP contribution is 2.24. The van der Waals surface area contributed by atoms with Gasteiger partial charge in [-0.05, 0) is 47.9 Å². The molecule has 0 heterocycles. The lowest BCUT2D eigenvalue weighted by atomic mass is 9.99. The maximum absolute atomic E-state index is 5.50. The van der Waals surface area contributed by atoms with Gasteiger partial charge in [0.1, 0.15) is 5.75 Å². The predicted octanol–water partition coefficient (Wildman–Crippen LogP) is 5.06. The van der Waals surface area contributed by atoms with Gasteiger partial charge in [-0.2, -0.15) is 0 Å². The van der Waals surface area contributed by atoms with Crippen molar-refractivity contribution < 1.29 is 9.47 Å². The van der Waals surface area contributed by atoms with Crippen molar-refractivity contribution in [3.05, 3.63) is 77.9 Å². The minimum Gasteiger partial charge on any atom is -0.468 e. The summed E-state index contributed by atoms with van der Waals surface area (Å²) in [6.45, 7) is 5.94. The molecule has 0 aromatic heterocycles. The summed E-state index contributed by atoms with van der Waals surface area (Å²) >= 11 is 0. The van der Waals surface area contributed by atoms with Gasteiger partial charge in [0.05, 0.1) is 0 Å². The summed E-state index contributed by atoms with van der Waals surface area (Å²) in [5, 5.41) is 6.21. The van der Waals surface area contributed by atoms with Crippen molar-refractivity contribution >= 4 is 10.8 Å². The third kappa shape index (κ3) is 4.59. The maximum atomic E-state index is 5.50. The second kappa shape index (κ2) is 8.65. The Labute approximate surface area is 149 Å². The smallest absolute Gasteiger partial charge is 0.189 e. The molecule has 0 bridgehead atoms. The van der Waals surface area contributed by atoms with Gasteiger partial charge in [0.25, 0.3) is 0 Å². The Bertz CT molecular complexity index is 793. The van der Waals surface area contributed by atoms with Crippen molar-refractivity contribution in [3.63, 3.8) is 0 Å². The number of rotatable bonds is 8. The number of nitrogens with one attached hydrogen (secondary N) is 1. The molecule has 3 nitrogen and oxygen atoms in total.